The van der Waals surface area contributed by atoms with Crippen molar-refractivity contribution in [3.05, 3.63) is 30.0 Å². The van der Waals surface area contributed by atoms with Crippen molar-refractivity contribution < 1.29 is 4.79 Å². The molecule has 0 unspecified atom stereocenters. The molecule has 24 heavy (non-hydrogen) atoms. The molecule has 0 fully saturated rings. The molecule has 1 amide bonds. The van der Waals surface area contributed by atoms with Crippen LogP contribution in [0.3, 0.4) is 0 Å². The van der Waals surface area contributed by atoms with Crippen LogP contribution in [0, 0.1) is 0 Å². The van der Waals surface area contributed by atoms with Gasteiger partial charge in [0.05, 0.1) is 17.3 Å². The SMILES string of the molecule is CN(C)CCCN(CCCN(C)C)C(=O)c1cccc2cn[nH]c12. The Morgan fingerprint density at radius 1 is 1.00 bits per heavy atom. The van der Waals surface area contributed by atoms with Gasteiger partial charge in [-0.2, -0.15) is 5.10 Å². The van der Waals surface area contributed by atoms with Gasteiger partial charge in [0.15, 0.2) is 0 Å². The quantitative estimate of drug-likeness (QED) is 0.763. The molecule has 6 heteroatoms. The molecule has 1 aromatic carbocycles. The third-order valence-electron chi connectivity index (χ3n) is 4.06. The molecule has 1 aromatic heterocycles. The lowest BCUT2D eigenvalue weighted by Crippen LogP contribution is -2.35. The Hall–Kier alpha value is -1.92. The van der Waals surface area contributed by atoms with E-state index in [4.69, 9.17) is 0 Å². The van der Waals surface area contributed by atoms with Crippen LogP contribution in [0.15, 0.2) is 24.4 Å². The number of hydrogen-bond donors (Lipinski definition) is 1. The van der Waals surface area contributed by atoms with Gasteiger partial charge in [0.25, 0.3) is 5.91 Å². The number of amides is 1. The Kier molecular flexibility index (Phi) is 6.75. The fraction of sp³-hybridized carbons (Fsp3) is 0.556. The summed E-state index contributed by atoms with van der Waals surface area (Å²) in [6.07, 6.45) is 3.70. The summed E-state index contributed by atoms with van der Waals surface area (Å²) in [5.41, 5.74) is 1.53. The summed E-state index contributed by atoms with van der Waals surface area (Å²) in [5.74, 6) is 0.0855. The second-order valence-electron chi connectivity index (χ2n) is 6.75. The van der Waals surface area contributed by atoms with Crippen LogP contribution < -0.4 is 0 Å². The van der Waals surface area contributed by atoms with Crippen molar-refractivity contribution in [3.8, 4) is 0 Å². The molecule has 0 saturated carbocycles. The Bertz CT molecular complexity index is 636. The van der Waals surface area contributed by atoms with E-state index >= 15 is 0 Å². The minimum Gasteiger partial charge on any atom is -0.338 e. The number of nitrogens with zero attached hydrogens (tertiary/aromatic N) is 4. The number of aromatic nitrogens is 2. The van der Waals surface area contributed by atoms with Crippen LogP contribution in [-0.4, -0.2) is 85.2 Å². The fourth-order valence-electron chi connectivity index (χ4n) is 2.79. The summed E-state index contributed by atoms with van der Waals surface area (Å²) >= 11 is 0. The van der Waals surface area contributed by atoms with Crippen LogP contribution in [0.2, 0.25) is 0 Å². The van der Waals surface area contributed by atoms with Gasteiger partial charge < -0.3 is 14.7 Å². The van der Waals surface area contributed by atoms with Gasteiger partial charge in [-0.1, -0.05) is 12.1 Å². The van der Waals surface area contributed by atoms with E-state index in [9.17, 15) is 4.79 Å². The van der Waals surface area contributed by atoms with Crippen LogP contribution in [0.1, 0.15) is 23.2 Å². The fourth-order valence-corrected chi connectivity index (χ4v) is 2.79. The smallest absolute Gasteiger partial charge is 0.256 e. The summed E-state index contributed by atoms with van der Waals surface area (Å²) in [6, 6.07) is 5.77. The number of nitrogens with one attached hydrogen (secondary N) is 1. The number of benzene rings is 1. The van der Waals surface area contributed by atoms with Gasteiger partial charge in [-0.25, -0.2) is 0 Å². The molecule has 1 N–H and O–H groups in total. The number of aromatic amines is 1. The first kappa shape index (κ1) is 18.4. The maximum atomic E-state index is 13.1. The van der Waals surface area contributed by atoms with Crippen LogP contribution in [0.25, 0.3) is 10.9 Å². The van der Waals surface area contributed by atoms with Crippen molar-refractivity contribution in [2.75, 3.05) is 54.4 Å². The predicted molar refractivity (Wildman–Crippen MR) is 98.3 cm³/mol. The van der Waals surface area contributed by atoms with Crippen LogP contribution in [0.4, 0.5) is 0 Å². The molecule has 0 aliphatic heterocycles. The number of fused-ring (bicyclic) bond motifs is 1. The number of carbonyl (C=O) groups is 1. The largest absolute Gasteiger partial charge is 0.338 e. The van der Waals surface area contributed by atoms with Gasteiger partial charge >= 0.3 is 0 Å². The van der Waals surface area contributed by atoms with E-state index in [1.165, 1.54) is 0 Å². The molecule has 0 bridgehead atoms. The third kappa shape index (κ3) is 5.04. The molecule has 0 aliphatic carbocycles. The lowest BCUT2D eigenvalue weighted by molar-refractivity contribution is 0.0746. The Morgan fingerprint density at radius 2 is 1.62 bits per heavy atom. The molecular formula is C18H29N5O. The van der Waals surface area contributed by atoms with Crippen molar-refractivity contribution in [1.82, 2.24) is 24.9 Å². The number of para-hydroxylation sites is 1. The molecule has 132 valence electrons. The maximum Gasteiger partial charge on any atom is 0.256 e. The lowest BCUT2D eigenvalue weighted by atomic mass is 10.1. The van der Waals surface area contributed by atoms with Gasteiger partial charge in [-0.3, -0.25) is 9.89 Å². The maximum absolute atomic E-state index is 13.1. The summed E-state index contributed by atoms with van der Waals surface area (Å²) < 4.78 is 0. The average molecular weight is 331 g/mol. The zero-order chi connectivity index (χ0) is 17.5. The van der Waals surface area contributed by atoms with E-state index in [0.717, 1.165) is 49.9 Å². The number of H-pyrrole nitrogens is 1. The second kappa shape index (κ2) is 8.80. The summed E-state index contributed by atoms with van der Waals surface area (Å²) in [5, 5.41) is 8.00. The van der Waals surface area contributed by atoms with Gasteiger partial charge in [0.2, 0.25) is 0 Å². The standard InChI is InChI=1S/C18H29N5O/c1-21(2)10-6-12-23(13-7-11-22(3)4)18(24)16-9-5-8-15-14-19-20-17(15)16/h5,8-9,14H,6-7,10-13H2,1-4H3,(H,19,20). The van der Waals surface area contributed by atoms with E-state index in [1.54, 1.807) is 6.20 Å². The molecule has 6 nitrogen and oxygen atoms in total. The average Bonchev–Trinajstić information content (AvgIpc) is 3.00. The van der Waals surface area contributed by atoms with Crippen molar-refractivity contribution >= 4 is 16.8 Å². The minimum absolute atomic E-state index is 0.0855. The van der Waals surface area contributed by atoms with E-state index in [1.807, 2.05) is 23.1 Å². The molecule has 2 rings (SSSR count). The third-order valence-corrected chi connectivity index (χ3v) is 4.06. The molecule has 1 heterocycles. The van der Waals surface area contributed by atoms with Gasteiger partial charge in [-0.05, 0) is 60.2 Å². The van der Waals surface area contributed by atoms with E-state index < -0.39 is 0 Å². The van der Waals surface area contributed by atoms with E-state index in [0.29, 0.717) is 5.56 Å². The minimum atomic E-state index is 0.0855. The number of rotatable bonds is 9. The van der Waals surface area contributed by atoms with Crippen molar-refractivity contribution in [3.63, 3.8) is 0 Å². The van der Waals surface area contributed by atoms with Gasteiger partial charge in [0, 0.05) is 18.5 Å². The summed E-state index contributed by atoms with van der Waals surface area (Å²) in [4.78, 5) is 19.3. The summed E-state index contributed by atoms with van der Waals surface area (Å²) in [6.45, 7) is 3.50. The summed E-state index contributed by atoms with van der Waals surface area (Å²) in [7, 11) is 8.24. The van der Waals surface area contributed by atoms with E-state index in [2.05, 4.69) is 48.2 Å². The molecule has 2 aromatic rings. The highest BCUT2D eigenvalue weighted by atomic mass is 16.2. The molecule has 0 saturated heterocycles. The highest BCUT2D eigenvalue weighted by Gasteiger charge is 2.18. The topological polar surface area (TPSA) is 55.5 Å². The van der Waals surface area contributed by atoms with E-state index in [-0.39, 0.29) is 5.91 Å². The normalized spacial score (nSPS) is 11.6. The van der Waals surface area contributed by atoms with Crippen LogP contribution >= 0.6 is 0 Å². The van der Waals surface area contributed by atoms with Crippen LogP contribution in [-0.2, 0) is 0 Å². The first-order chi connectivity index (χ1) is 11.5. The van der Waals surface area contributed by atoms with Crippen molar-refractivity contribution in [2.45, 2.75) is 12.8 Å². The zero-order valence-corrected chi connectivity index (χ0v) is 15.2. The molecular weight excluding hydrogens is 302 g/mol. The van der Waals surface area contributed by atoms with Gasteiger partial charge in [-0.15, -0.1) is 0 Å². The van der Waals surface area contributed by atoms with Crippen molar-refractivity contribution in [1.29, 1.82) is 0 Å². The van der Waals surface area contributed by atoms with Crippen LogP contribution in [0.5, 0.6) is 0 Å². The molecule has 0 radical (unpaired) electrons. The second-order valence-corrected chi connectivity index (χ2v) is 6.75. The first-order valence-electron chi connectivity index (χ1n) is 8.50. The Balaban J connectivity index is 2.11. The molecule has 0 aliphatic rings. The molecule has 0 atom stereocenters. The predicted octanol–water partition coefficient (Wildman–Crippen LogP) is 1.91. The Morgan fingerprint density at radius 3 is 2.21 bits per heavy atom. The number of hydrogen-bond acceptors (Lipinski definition) is 4. The zero-order valence-electron chi connectivity index (χ0n) is 15.2. The monoisotopic (exact) mass is 331 g/mol. The van der Waals surface area contributed by atoms with Crippen molar-refractivity contribution in [2.24, 2.45) is 0 Å². The highest BCUT2D eigenvalue weighted by molar-refractivity contribution is 6.05. The highest BCUT2D eigenvalue weighted by Crippen LogP contribution is 2.18. The number of carbonyl (C=O) groups excluding carboxylic acids is 1. The lowest BCUT2D eigenvalue weighted by Gasteiger charge is -2.24. The Labute approximate surface area is 144 Å². The van der Waals surface area contributed by atoms with Gasteiger partial charge in [0.1, 0.15) is 0 Å². The molecule has 0 spiro atoms. The first-order valence-corrected chi connectivity index (χ1v) is 8.50.